The quantitative estimate of drug-likeness (QED) is 0.821. The van der Waals surface area contributed by atoms with Crippen LogP contribution in [0.3, 0.4) is 0 Å². The fourth-order valence-electron chi connectivity index (χ4n) is 0.840. The molecule has 2 atom stereocenters. The largest absolute Gasteiger partial charge is 0.329 e. The van der Waals surface area contributed by atoms with Gasteiger partial charge in [0.15, 0.2) is 0 Å². The van der Waals surface area contributed by atoms with Gasteiger partial charge in [-0.15, -0.1) is 11.3 Å². The highest BCUT2D eigenvalue weighted by Crippen LogP contribution is 2.12. The first-order chi connectivity index (χ1) is 6.13. The minimum Gasteiger partial charge on any atom is -0.329 e. The molecule has 0 radical (unpaired) electrons. The second-order valence-corrected chi connectivity index (χ2v) is 5.75. The average molecular weight is 218 g/mol. The van der Waals surface area contributed by atoms with Crippen molar-refractivity contribution in [1.29, 1.82) is 0 Å². The highest BCUT2D eigenvalue weighted by molar-refractivity contribution is 7.85. The molecular formula is C8H14N2OS2. The van der Waals surface area contributed by atoms with Crippen LogP contribution in [0.2, 0.25) is 0 Å². The zero-order valence-corrected chi connectivity index (χ0v) is 9.45. The summed E-state index contributed by atoms with van der Waals surface area (Å²) in [6.07, 6.45) is 0. The number of aryl methyl sites for hydroxylation is 1. The maximum Gasteiger partial charge on any atom is 0.105 e. The van der Waals surface area contributed by atoms with Crippen LogP contribution >= 0.6 is 11.3 Å². The summed E-state index contributed by atoms with van der Waals surface area (Å²) < 4.78 is 11.6. The molecule has 0 bridgehead atoms. The van der Waals surface area contributed by atoms with Crippen molar-refractivity contribution in [1.82, 2.24) is 4.98 Å². The van der Waals surface area contributed by atoms with E-state index in [0.29, 0.717) is 12.3 Å². The highest BCUT2D eigenvalue weighted by atomic mass is 32.2. The summed E-state index contributed by atoms with van der Waals surface area (Å²) in [5.74, 6) is 0.539. The fourth-order valence-corrected chi connectivity index (χ4v) is 2.82. The number of hydrogen-bond donors (Lipinski definition) is 1. The van der Waals surface area contributed by atoms with Gasteiger partial charge in [-0.05, 0) is 13.8 Å². The lowest BCUT2D eigenvalue weighted by molar-refractivity contribution is 0.672. The monoisotopic (exact) mass is 218 g/mol. The molecule has 1 aromatic rings. The van der Waals surface area contributed by atoms with Gasteiger partial charge in [0, 0.05) is 33.7 Å². The average Bonchev–Trinajstić information content (AvgIpc) is 2.49. The Bertz CT molecular complexity index is 298. The fraction of sp³-hybridized carbons (Fsp3) is 0.625. The van der Waals surface area contributed by atoms with Crippen LogP contribution in [0.15, 0.2) is 5.38 Å². The van der Waals surface area contributed by atoms with E-state index in [4.69, 9.17) is 5.73 Å². The van der Waals surface area contributed by atoms with E-state index in [1.807, 2.05) is 19.2 Å². The molecule has 0 amide bonds. The van der Waals surface area contributed by atoms with E-state index in [0.717, 1.165) is 10.7 Å². The Morgan fingerprint density at radius 3 is 2.92 bits per heavy atom. The summed E-state index contributed by atoms with van der Waals surface area (Å²) in [6.45, 7) is 4.31. The third-order valence-electron chi connectivity index (χ3n) is 1.71. The Hall–Kier alpha value is -0.260. The summed E-state index contributed by atoms with van der Waals surface area (Å²) in [5.41, 5.74) is 6.42. The zero-order chi connectivity index (χ0) is 9.84. The molecule has 3 nitrogen and oxygen atoms in total. The van der Waals surface area contributed by atoms with Crippen molar-refractivity contribution in [3.8, 4) is 0 Å². The molecule has 2 unspecified atom stereocenters. The van der Waals surface area contributed by atoms with Gasteiger partial charge in [-0.2, -0.15) is 0 Å². The molecule has 0 spiro atoms. The number of thiazole rings is 1. The molecule has 0 aliphatic carbocycles. The number of hydrogen-bond acceptors (Lipinski definition) is 4. The van der Waals surface area contributed by atoms with Crippen molar-refractivity contribution in [3.63, 3.8) is 0 Å². The predicted molar refractivity (Wildman–Crippen MR) is 57.2 cm³/mol. The number of nitrogens with zero attached hydrogens (tertiary/aromatic N) is 1. The molecule has 1 heterocycles. The molecule has 74 valence electrons. The van der Waals surface area contributed by atoms with Crippen molar-refractivity contribution in [2.75, 3.05) is 6.54 Å². The molecule has 0 aromatic carbocycles. The van der Waals surface area contributed by atoms with Crippen LogP contribution < -0.4 is 5.73 Å². The zero-order valence-electron chi connectivity index (χ0n) is 7.82. The molecule has 0 fully saturated rings. The lowest BCUT2D eigenvalue weighted by Crippen LogP contribution is -2.22. The van der Waals surface area contributed by atoms with E-state index in [9.17, 15) is 4.21 Å². The summed E-state index contributed by atoms with van der Waals surface area (Å²) >= 11 is 1.56. The molecule has 5 heteroatoms. The van der Waals surface area contributed by atoms with E-state index in [2.05, 4.69) is 4.98 Å². The van der Waals surface area contributed by atoms with Gasteiger partial charge >= 0.3 is 0 Å². The van der Waals surface area contributed by atoms with Crippen LogP contribution in [0.1, 0.15) is 17.6 Å². The van der Waals surface area contributed by atoms with Crippen LogP contribution in [0, 0.1) is 6.92 Å². The predicted octanol–water partition coefficient (Wildman–Crippen LogP) is 1.05. The van der Waals surface area contributed by atoms with E-state index in [-0.39, 0.29) is 5.25 Å². The lowest BCUT2D eigenvalue weighted by atomic mass is 10.5. The van der Waals surface area contributed by atoms with Crippen LogP contribution in [-0.4, -0.2) is 21.0 Å². The molecule has 2 N–H and O–H groups in total. The van der Waals surface area contributed by atoms with Gasteiger partial charge in [0.05, 0.1) is 5.75 Å². The van der Waals surface area contributed by atoms with Crippen molar-refractivity contribution >= 4 is 22.1 Å². The van der Waals surface area contributed by atoms with E-state index < -0.39 is 10.8 Å². The first kappa shape index (κ1) is 10.8. The molecule has 0 saturated carbocycles. The normalized spacial score (nSPS) is 15.6. The smallest absolute Gasteiger partial charge is 0.105 e. The maximum absolute atomic E-state index is 11.6. The second-order valence-electron chi connectivity index (χ2n) is 2.95. The first-order valence-corrected chi connectivity index (χ1v) is 6.38. The van der Waals surface area contributed by atoms with Gasteiger partial charge in [0.25, 0.3) is 0 Å². The Balaban J connectivity index is 2.54. The summed E-state index contributed by atoms with van der Waals surface area (Å²) in [7, 11) is -0.880. The molecule has 1 rings (SSSR count). The Morgan fingerprint density at radius 1 is 1.77 bits per heavy atom. The Kier molecular flexibility index (Phi) is 4.02. The Labute approximate surface area is 84.8 Å². The van der Waals surface area contributed by atoms with Gasteiger partial charge in [0.2, 0.25) is 0 Å². The topological polar surface area (TPSA) is 56.0 Å². The highest BCUT2D eigenvalue weighted by Gasteiger charge is 2.11. The van der Waals surface area contributed by atoms with Crippen LogP contribution in [-0.2, 0) is 16.6 Å². The molecule has 0 aliphatic heterocycles. The first-order valence-electron chi connectivity index (χ1n) is 4.11. The van der Waals surface area contributed by atoms with E-state index in [1.165, 1.54) is 0 Å². The maximum atomic E-state index is 11.6. The van der Waals surface area contributed by atoms with Crippen molar-refractivity contribution in [2.24, 2.45) is 5.73 Å². The summed E-state index contributed by atoms with van der Waals surface area (Å²) in [5, 5.41) is 2.97. The third kappa shape index (κ3) is 3.17. The molecule has 1 aromatic heterocycles. The summed E-state index contributed by atoms with van der Waals surface area (Å²) in [4.78, 5) is 4.25. The van der Waals surface area contributed by atoms with Gasteiger partial charge in [0.1, 0.15) is 5.01 Å². The minimum absolute atomic E-state index is 0.0595. The molecule has 0 saturated heterocycles. The molecule has 0 aliphatic rings. The van der Waals surface area contributed by atoms with Crippen molar-refractivity contribution < 1.29 is 4.21 Å². The third-order valence-corrected chi connectivity index (χ3v) is 4.51. The second kappa shape index (κ2) is 4.83. The van der Waals surface area contributed by atoms with Gasteiger partial charge in [-0.1, -0.05) is 0 Å². The number of rotatable bonds is 4. The van der Waals surface area contributed by atoms with Gasteiger partial charge in [-0.25, -0.2) is 4.98 Å². The van der Waals surface area contributed by atoms with Crippen LogP contribution in [0.25, 0.3) is 0 Å². The van der Waals surface area contributed by atoms with E-state index in [1.54, 1.807) is 11.3 Å². The van der Waals surface area contributed by atoms with Crippen LogP contribution in [0.4, 0.5) is 0 Å². The molecule has 13 heavy (non-hydrogen) atoms. The lowest BCUT2D eigenvalue weighted by Gasteiger charge is -2.05. The van der Waals surface area contributed by atoms with Crippen molar-refractivity contribution in [2.45, 2.75) is 24.9 Å². The minimum atomic E-state index is -0.880. The van der Waals surface area contributed by atoms with Gasteiger partial charge < -0.3 is 5.73 Å². The van der Waals surface area contributed by atoms with Crippen LogP contribution in [0.5, 0.6) is 0 Å². The number of aromatic nitrogens is 1. The summed E-state index contributed by atoms with van der Waals surface area (Å²) in [6, 6.07) is 0. The SMILES string of the molecule is Cc1csc(CS(=O)C(C)CN)n1. The standard InChI is InChI=1S/C8H14N2OS2/c1-6-4-12-8(10-6)5-13(11)7(2)3-9/h4,7H,3,5,9H2,1-2H3. The van der Waals surface area contributed by atoms with Crippen molar-refractivity contribution in [3.05, 3.63) is 16.1 Å². The Morgan fingerprint density at radius 2 is 2.46 bits per heavy atom. The number of nitrogens with two attached hydrogens (primary N) is 1. The molecular weight excluding hydrogens is 204 g/mol. The van der Waals surface area contributed by atoms with E-state index >= 15 is 0 Å². The van der Waals surface area contributed by atoms with Gasteiger partial charge in [-0.3, -0.25) is 4.21 Å².